The van der Waals surface area contributed by atoms with Gasteiger partial charge in [0.2, 0.25) is 0 Å². The van der Waals surface area contributed by atoms with E-state index in [0.717, 1.165) is 5.76 Å². The fraction of sp³-hybridized carbons (Fsp3) is 0.600. The highest BCUT2D eigenvalue weighted by molar-refractivity contribution is 4.90. The summed E-state index contributed by atoms with van der Waals surface area (Å²) in [6.07, 6.45) is 9.88. The van der Waals surface area contributed by atoms with Crippen LogP contribution in [-0.2, 0) is 4.74 Å². The van der Waals surface area contributed by atoms with Crippen molar-refractivity contribution in [3.05, 3.63) is 11.8 Å². The van der Waals surface area contributed by atoms with E-state index < -0.39 is 0 Å². The number of ether oxygens (including phenoxy) is 1. The summed E-state index contributed by atoms with van der Waals surface area (Å²) in [4.78, 5) is 0. The zero-order valence-corrected chi connectivity index (χ0v) is 8.72. The average Bonchev–Trinajstić information content (AvgIpc) is 2.18. The molecule has 0 aliphatic carbocycles. The molecule has 0 bridgehead atoms. The SMILES string of the molecule is C#C.C/C=C(/CN)OCC.CCF. The summed E-state index contributed by atoms with van der Waals surface area (Å²) in [6.45, 7) is 6.28. The summed E-state index contributed by atoms with van der Waals surface area (Å²) in [5, 5.41) is 0. The minimum absolute atomic E-state index is 0.250. The molecule has 13 heavy (non-hydrogen) atoms. The number of allylic oxidation sites excluding steroid dienone is 1. The summed E-state index contributed by atoms with van der Waals surface area (Å²) < 4.78 is 15.4. The standard InChI is InChI=1S/C6H13NO.C2H5F.C2H2/c1-3-6(5-7)8-4-2;1-2-3;1-2/h3H,4-5,7H2,1-2H3;2H2,1H3;1-2H/b6-3-;;. The van der Waals surface area contributed by atoms with Gasteiger partial charge in [0.05, 0.1) is 19.8 Å². The van der Waals surface area contributed by atoms with Crippen LogP contribution in [0, 0.1) is 12.8 Å². The van der Waals surface area contributed by atoms with Crippen LogP contribution in [0.5, 0.6) is 0 Å². The zero-order chi connectivity index (χ0) is 11.1. The molecule has 0 aliphatic heterocycles. The van der Waals surface area contributed by atoms with Crippen LogP contribution in [0.25, 0.3) is 0 Å². The molecule has 2 N–H and O–H groups in total. The lowest BCUT2D eigenvalue weighted by atomic mass is 10.5. The number of halogens is 1. The first-order valence-electron chi connectivity index (χ1n) is 4.14. The van der Waals surface area contributed by atoms with Gasteiger partial charge in [0.15, 0.2) is 0 Å². The van der Waals surface area contributed by atoms with Gasteiger partial charge in [0.25, 0.3) is 0 Å². The molecule has 2 nitrogen and oxygen atoms in total. The second-order valence-corrected chi connectivity index (χ2v) is 1.66. The molecule has 3 heteroatoms. The molecule has 0 aromatic heterocycles. The highest BCUT2D eigenvalue weighted by atomic mass is 19.1. The normalized spacial score (nSPS) is 8.69. The van der Waals surface area contributed by atoms with Gasteiger partial charge in [-0.15, -0.1) is 12.8 Å². The average molecular weight is 189 g/mol. The van der Waals surface area contributed by atoms with Crippen LogP contribution in [-0.4, -0.2) is 19.8 Å². The number of terminal acetylenes is 1. The number of alkyl halides is 1. The van der Waals surface area contributed by atoms with Crippen LogP contribution in [0.1, 0.15) is 20.8 Å². The van der Waals surface area contributed by atoms with Gasteiger partial charge >= 0.3 is 0 Å². The van der Waals surface area contributed by atoms with E-state index in [0.29, 0.717) is 13.2 Å². The molecule has 0 saturated carbocycles. The van der Waals surface area contributed by atoms with Crippen molar-refractivity contribution in [3.63, 3.8) is 0 Å². The van der Waals surface area contributed by atoms with Gasteiger partial charge in [-0.2, -0.15) is 0 Å². The Morgan fingerprint density at radius 1 is 1.46 bits per heavy atom. The molecule has 0 atom stereocenters. The van der Waals surface area contributed by atoms with Gasteiger partial charge in [-0.25, -0.2) is 0 Å². The van der Waals surface area contributed by atoms with Gasteiger partial charge in [-0.1, -0.05) is 0 Å². The Kier molecular flexibility index (Phi) is 30.9. The molecule has 0 aromatic carbocycles. The monoisotopic (exact) mass is 189 g/mol. The van der Waals surface area contributed by atoms with Gasteiger partial charge in [0.1, 0.15) is 5.76 Å². The van der Waals surface area contributed by atoms with E-state index >= 15 is 0 Å². The number of hydrogen-bond acceptors (Lipinski definition) is 2. The van der Waals surface area contributed by atoms with E-state index in [2.05, 4.69) is 12.8 Å². The third-order valence-electron chi connectivity index (χ3n) is 0.853. The molecule has 0 spiro atoms. The van der Waals surface area contributed by atoms with Gasteiger partial charge in [-0.05, 0) is 26.8 Å². The number of rotatable bonds is 3. The maximum atomic E-state index is 10.3. The summed E-state index contributed by atoms with van der Waals surface area (Å²) in [5.41, 5.74) is 5.28. The first kappa shape index (κ1) is 17.9. The van der Waals surface area contributed by atoms with Gasteiger partial charge in [-0.3, -0.25) is 4.39 Å². The minimum Gasteiger partial charge on any atom is -0.497 e. The van der Waals surface area contributed by atoms with E-state index in [1.165, 1.54) is 6.92 Å². The maximum absolute atomic E-state index is 10.3. The van der Waals surface area contributed by atoms with Crippen molar-refractivity contribution in [2.75, 3.05) is 19.8 Å². The summed E-state index contributed by atoms with van der Waals surface area (Å²) in [6, 6.07) is 0. The van der Waals surface area contributed by atoms with Crippen LogP contribution >= 0.6 is 0 Å². The highest BCUT2D eigenvalue weighted by Gasteiger charge is 1.86. The lowest BCUT2D eigenvalue weighted by Gasteiger charge is -2.02. The molecule has 0 unspecified atom stereocenters. The molecule has 0 saturated heterocycles. The molecule has 0 aromatic rings. The Balaban J connectivity index is -0.000000169. The fourth-order valence-corrected chi connectivity index (χ4v) is 0.446. The molecule has 0 aliphatic rings. The molecule has 0 heterocycles. The number of hydrogen-bond donors (Lipinski definition) is 1. The Labute approximate surface area is 81.0 Å². The van der Waals surface area contributed by atoms with Crippen LogP contribution < -0.4 is 5.73 Å². The lowest BCUT2D eigenvalue weighted by molar-refractivity contribution is 0.226. The first-order valence-corrected chi connectivity index (χ1v) is 4.14. The predicted molar refractivity (Wildman–Crippen MR) is 56.0 cm³/mol. The minimum atomic E-state index is -0.250. The lowest BCUT2D eigenvalue weighted by Crippen LogP contribution is -2.05. The van der Waals surface area contributed by atoms with E-state index in [1.807, 2.05) is 19.9 Å². The zero-order valence-electron chi connectivity index (χ0n) is 8.72. The summed E-state index contributed by atoms with van der Waals surface area (Å²) in [7, 11) is 0. The summed E-state index contributed by atoms with van der Waals surface area (Å²) >= 11 is 0. The van der Waals surface area contributed by atoms with Crippen LogP contribution in [0.15, 0.2) is 11.8 Å². The van der Waals surface area contributed by atoms with Crippen LogP contribution in [0.4, 0.5) is 4.39 Å². The topological polar surface area (TPSA) is 35.2 Å². The molecule has 0 amide bonds. The molecule has 78 valence electrons. The van der Waals surface area contributed by atoms with Gasteiger partial charge in [0, 0.05) is 0 Å². The second kappa shape index (κ2) is 22.4. The Bertz CT molecular complexity index is 121. The first-order chi connectivity index (χ1) is 6.26. The molecule has 0 fully saturated rings. The second-order valence-electron chi connectivity index (χ2n) is 1.66. The molecule has 0 radical (unpaired) electrons. The third kappa shape index (κ3) is 24.8. The Morgan fingerprint density at radius 2 is 1.85 bits per heavy atom. The van der Waals surface area contributed by atoms with Crippen LogP contribution in [0.2, 0.25) is 0 Å². The Morgan fingerprint density at radius 3 is 1.92 bits per heavy atom. The van der Waals surface area contributed by atoms with Crippen molar-refractivity contribution in [1.29, 1.82) is 0 Å². The Hall–Kier alpha value is -1.01. The predicted octanol–water partition coefficient (Wildman–Crippen LogP) is 2.11. The quantitative estimate of drug-likeness (QED) is 0.545. The number of nitrogens with two attached hydrogens (primary N) is 1. The molecule has 0 rings (SSSR count). The van der Waals surface area contributed by atoms with Crippen molar-refractivity contribution in [2.24, 2.45) is 5.73 Å². The smallest absolute Gasteiger partial charge is 0.105 e. The van der Waals surface area contributed by atoms with E-state index in [9.17, 15) is 4.39 Å². The largest absolute Gasteiger partial charge is 0.497 e. The third-order valence-corrected chi connectivity index (χ3v) is 0.853. The van der Waals surface area contributed by atoms with Crippen molar-refractivity contribution in [1.82, 2.24) is 0 Å². The van der Waals surface area contributed by atoms with Gasteiger partial charge < -0.3 is 10.5 Å². The van der Waals surface area contributed by atoms with Crippen LogP contribution in [0.3, 0.4) is 0 Å². The van der Waals surface area contributed by atoms with Crippen molar-refractivity contribution >= 4 is 0 Å². The van der Waals surface area contributed by atoms with E-state index in [1.54, 1.807) is 0 Å². The van der Waals surface area contributed by atoms with Crippen molar-refractivity contribution in [2.45, 2.75) is 20.8 Å². The molecular formula is C10H20FNO. The van der Waals surface area contributed by atoms with Crippen molar-refractivity contribution < 1.29 is 9.13 Å². The maximum Gasteiger partial charge on any atom is 0.105 e. The molecular weight excluding hydrogens is 169 g/mol. The fourth-order valence-electron chi connectivity index (χ4n) is 0.446. The van der Waals surface area contributed by atoms with Crippen molar-refractivity contribution in [3.8, 4) is 12.8 Å². The summed E-state index contributed by atoms with van der Waals surface area (Å²) in [5.74, 6) is 0.868. The van der Waals surface area contributed by atoms with E-state index in [4.69, 9.17) is 10.5 Å². The highest BCUT2D eigenvalue weighted by Crippen LogP contribution is 1.91. The van der Waals surface area contributed by atoms with E-state index in [-0.39, 0.29) is 6.67 Å².